The molecule has 0 aliphatic heterocycles. The minimum absolute atomic E-state index is 0.259. The van der Waals surface area contributed by atoms with E-state index < -0.39 is 6.04 Å². The number of amides is 1. The van der Waals surface area contributed by atoms with E-state index in [0.717, 1.165) is 11.3 Å². The second kappa shape index (κ2) is 9.59. The van der Waals surface area contributed by atoms with E-state index in [1.807, 2.05) is 30.3 Å². The van der Waals surface area contributed by atoms with Crippen LogP contribution in [-0.4, -0.2) is 37.1 Å². The summed E-state index contributed by atoms with van der Waals surface area (Å²) in [6.45, 7) is -0.259. The average Bonchev–Trinajstić information content (AvgIpc) is 3.20. The number of nitrogens with one attached hydrogen (secondary N) is 2. The highest BCUT2D eigenvalue weighted by molar-refractivity contribution is 6.30. The van der Waals surface area contributed by atoms with Crippen molar-refractivity contribution in [2.45, 2.75) is 6.04 Å². The number of halogens is 1. The molecule has 32 heavy (non-hydrogen) atoms. The lowest BCUT2D eigenvalue weighted by molar-refractivity contribution is 0.0908. The van der Waals surface area contributed by atoms with Crippen molar-refractivity contribution in [1.82, 2.24) is 24.8 Å². The monoisotopic (exact) mass is 448 g/mol. The molecule has 4 rings (SSSR count). The van der Waals surface area contributed by atoms with Crippen molar-refractivity contribution >= 4 is 29.1 Å². The van der Waals surface area contributed by atoms with Gasteiger partial charge < -0.3 is 20.3 Å². The number of hydrogen-bond donors (Lipinski definition) is 3. The maximum absolute atomic E-state index is 12.9. The molecule has 0 aliphatic carbocycles. The topological polar surface area (TPSA) is 105 Å². The van der Waals surface area contributed by atoms with E-state index in [4.69, 9.17) is 11.6 Å². The third-order valence-electron chi connectivity index (χ3n) is 4.84. The van der Waals surface area contributed by atoms with Crippen LogP contribution < -0.4 is 10.6 Å². The fourth-order valence-corrected chi connectivity index (χ4v) is 3.45. The molecule has 0 saturated carbocycles. The lowest BCUT2D eigenvalue weighted by Gasteiger charge is -2.17. The van der Waals surface area contributed by atoms with E-state index in [1.54, 1.807) is 48.1 Å². The number of hydrogen-bond acceptors (Lipinski definition) is 6. The summed E-state index contributed by atoms with van der Waals surface area (Å²) in [5, 5.41) is 16.3. The highest BCUT2D eigenvalue weighted by Crippen LogP contribution is 2.22. The summed E-state index contributed by atoms with van der Waals surface area (Å²) in [7, 11) is 1.76. The van der Waals surface area contributed by atoms with Gasteiger partial charge in [0.1, 0.15) is 12.0 Å². The van der Waals surface area contributed by atoms with E-state index in [2.05, 4.69) is 25.6 Å². The van der Waals surface area contributed by atoms with Gasteiger partial charge in [0.25, 0.3) is 5.91 Å². The van der Waals surface area contributed by atoms with Crippen LogP contribution in [-0.2, 0) is 7.05 Å². The molecule has 4 aromatic rings. The van der Waals surface area contributed by atoms with Gasteiger partial charge in [0.15, 0.2) is 5.82 Å². The van der Waals surface area contributed by atoms with Crippen LogP contribution in [0, 0.1) is 0 Å². The molecule has 162 valence electrons. The van der Waals surface area contributed by atoms with Gasteiger partial charge in [0.05, 0.1) is 12.6 Å². The Kier molecular flexibility index (Phi) is 6.44. The Morgan fingerprint density at radius 2 is 1.94 bits per heavy atom. The molecule has 8 nitrogen and oxygen atoms in total. The second-order valence-electron chi connectivity index (χ2n) is 7.11. The van der Waals surface area contributed by atoms with Crippen LogP contribution in [0.2, 0.25) is 5.02 Å². The lowest BCUT2D eigenvalue weighted by atomic mass is 10.1. The molecule has 2 aromatic heterocycles. The Balaban J connectivity index is 1.53. The molecule has 3 N–H and O–H groups in total. The van der Waals surface area contributed by atoms with Gasteiger partial charge in [-0.25, -0.2) is 9.97 Å². The number of anilines is 2. The molecule has 0 unspecified atom stereocenters. The van der Waals surface area contributed by atoms with Crippen molar-refractivity contribution in [3.05, 3.63) is 89.5 Å². The van der Waals surface area contributed by atoms with Gasteiger partial charge >= 0.3 is 0 Å². The number of benzene rings is 2. The molecule has 1 amide bonds. The molecule has 0 aliphatic rings. The van der Waals surface area contributed by atoms with E-state index in [0.29, 0.717) is 28.1 Å². The predicted octanol–water partition coefficient (Wildman–Crippen LogP) is 3.74. The average molecular weight is 449 g/mol. The zero-order valence-electron chi connectivity index (χ0n) is 17.2. The maximum atomic E-state index is 12.9. The van der Waals surface area contributed by atoms with Crippen molar-refractivity contribution < 1.29 is 9.90 Å². The Morgan fingerprint density at radius 1 is 1.12 bits per heavy atom. The molecule has 2 aromatic carbocycles. The molecule has 0 bridgehead atoms. The van der Waals surface area contributed by atoms with Crippen molar-refractivity contribution in [3.8, 4) is 11.4 Å². The molecule has 2 heterocycles. The first-order valence-corrected chi connectivity index (χ1v) is 10.3. The summed E-state index contributed by atoms with van der Waals surface area (Å²) >= 11 is 6.04. The molecular weight excluding hydrogens is 428 g/mol. The quantitative estimate of drug-likeness (QED) is 0.398. The first-order valence-electron chi connectivity index (χ1n) is 9.88. The molecule has 0 fully saturated rings. The highest BCUT2D eigenvalue weighted by atomic mass is 35.5. The smallest absolute Gasteiger partial charge is 0.268 e. The van der Waals surface area contributed by atoms with Crippen LogP contribution in [0.4, 0.5) is 11.6 Å². The standard InChI is InChI=1S/C23H21ClN6O2/c1-30-12-16(21-25-14-26-23(29-21)27-18-8-3-2-4-9-18)11-20(30)22(32)28-19(13-31)15-6-5-7-17(24)10-15/h2-12,14,19,31H,13H2,1H3,(H,28,32)(H,25,26,27,29)/t19-/m1/s1. The number of carbonyl (C=O) groups is 1. The molecule has 1 atom stereocenters. The fourth-order valence-electron chi connectivity index (χ4n) is 3.25. The third kappa shape index (κ3) is 4.93. The summed E-state index contributed by atoms with van der Waals surface area (Å²) < 4.78 is 1.69. The molecular formula is C23H21ClN6O2. The molecule has 0 radical (unpaired) electrons. The Labute approximate surface area is 189 Å². The highest BCUT2D eigenvalue weighted by Gasteiger charge is 2.19. The Bertz CT molecular complexity index is 1230. The zero-order chi connectivity index (χ0) is 22.5. The lowest BCUT2D eigenvalue weighted by Crippen LogP contribution is -2.31. The number of carbonyl (C=O) groups excluding carboxylic acids is 1. The van der Waals surface area contributed by atoms with Gasteiger partial charge in [-0.1, -0.05) is 41.9 Å². The van der Waals surface area contributed by atoms with E-state index in [1.165, 1.54) is 6.33 Å². The minimum atomic E-state index is -0.585. The van der Waals surface area contributed by atoms with Crippen molar-refractivity contribution in [3.63, 3.8) is 0 Å². The largest absolute Gasteiger partial charge is 0.394 e. The normalized spacial score (nSPS) is 11.7. The summed E-state index contributed by atoms with van der Waals surface area (Å²) in [5.74, 6) is 0.494. The van der Waals surface area contributed by atoms with Gasteiger partial charge in [-0.15, -0.1) is 0 Å². The third-order valence-corrected chi connectivity index (χ3v) is 5.07. The van der Waals surface area contributed by atoms with E-state index in [-0.39, 0.29) is 12.5 Å². The predicted molar refractivity (Wildman–Crippen MR) is 123 cm³/mol. The van der Waals surface area contributed by atoms with Crippen LogP contribution in [0.25, 0.3) is 11.4 Å². The molecule has 0 spiro atoms. The Morgan fingerprint density at radius 3 is 2.69 bits per heavy atom. The van der Waals surface area contributed by atoms with Gasteiger partial charge in [0.2, 0.25) is 5.95 Å². The number of aryl methyl sites for hydroxylation is 1. The van der Waals surface area contributed by atoms with Crippen LogP contribution in [0.15, 0.2) is 73.2 Å². The number of aromatic nitrogens is 4. The minimum Gasteiger partial charge on any atom is -0.394 e. The fraction of sp³-hybridized carbons (Fsp3) is 0.130. The van der Waals surface area contributed by atoms with Gasteiger partial charge in [-0.2, -0.15) is 4.98 Å². The zero-order valence-corrected chi connectivity index (χ0v) is 18.0. The number of nitrogens with zero attached hydrogens (tertiary/aromatic N) is 4. The number of aliphatic hydroxyl groups is 1. The number of rotatable bonds is 7. The van der Waals surface area contributed by atoms with Gasteiger partial charge in [-0.3, -0.25) is 4.79 Å². The maximum Gasteiger partial charge on any atom is 0.268 e. The summed E-state index contributed by atoms with van der Waals surface area (Å²) in [4.78, 5) is 25.8. The second-order valence-corrected chi connectivity index (χ2v) is 7.55. The summed E-state index contributed by atoms with van der Waals surface area (Å²) in [5.41, 5.74) is 2.64. The summed E-state index contributed by atoms with van der Waals surface area (Å²) in [6.07, 6.45) is 3.19. The summed E-state index contributed by atoms with van der Waals surface area (Å²) in [6, 6.07) is 17.7. The van der Waals surface area contributed by atoms with Gasteiger partial charge in [0, 0.05) is 29.5 Å². The van der Waals surface area contributed by atoms with Gasteiger partial charge in [-0.05, 0) is 35.9 Å². The molecule has 0 saturated heterocycles. The number of para-hydroxylation sites is 1. The SMILES string of the molecule is Cn1cc(-c2ncnc(Nc3ccccc3)n2)cc1C(=O)N[C@H](CO)c1cccc(Cl)c1. The van der Waals surface area contributed by atoms with Crippen LogP contribution in [0.3, 0.4) is 0 Å². The van der Waals surface area contributed by atoms with Crippen LogP contribution in [0.1, 0.15) is 22.1 Å². The Hall–Kier alpha value is -3.75. The van der Waals surface area contributed by atoms with E-state index in [9.17, 15) is 9.90 Å². The number of aliphatic hydroxyl groups excluding tert-OH is 1. The van der Waals surface area contributed by atoms with Crippen molar-refractivity contribution in [1.29, 1.82) is 0 Å². The van der Waals surface area contributed by atoms with E-state index >= 15 is 0 Å². The first kappa shape index (κ1) is 21.5. The van der Waals surface area contributed by atoms with Crippen molar-refractivity contribution in [2.75, 3.05) is 11.9 Å². The van der Waals surface area contributed by atoms with Crippen LogP contribution >= 0.6 is 11.6 Å². The van der Waals surface area contributed by atoms with Crippen molar-refractivity contribution in [2.24, 2.45) is 7.05 Å². The molecule has 9 heteroatoms. The van der Waals surface area contributed by atoms with Crippen LogP contribution in [0.5, 0.6) is 0 Å². The first-order chi connectivity index (χ1) is 15.5.